The number of rotatable bonds is 1. The van der Waals surface area contributed by atoms with Crippen molar-refractivity contribution in [2.45, 2.75) is 31.3 Å². The molecule has 126 valence electrons. The Morgan fingerprint density at radius 3 is 2.52 bits per heavy atom. The van der Waals surface area contributed by atoms with Gasteiger partial charge in [0, 0.05) is 4.91 Å². The summed E-state index contributed by atoms with van der Waals surface area (Å²) in [5, 5.41) is 38.6. The van der Waals surface area contributed by atoms with Gasteiger partial charge in [-0.05, 0) is 50.7 Å². The second-order valence-electron chi connectivity index (χ2n) is 6.48. The summed E-state index contributed by atoms with van der Waals surface area (Å²) < 4.78 is 0. The molecule has 25 heavy (non-hydrogen) atoms. The highest BCUT2D eigenvalue weighted by Crippen LogP contribution is 2.45. The molecule has 6 heteroatoms. The minimum atomic E-state index is -1.40. The van der Waals surface area contributed by atoms with E-state index in [1.54, 1.807) is 6.07 Å². The van der Waals surface area contributed by atoms with Gasteiger partial charge in [0.2, 0.25) is 0 Å². The number of azide groups is 1. The van der Waals surface area contributed by atoms with Crippen LogP contribution in [0.15, 0.2) is 47.6 Å². The van der Waals surface area contributed by atoms with Gasteiger partial charge in [0.1, 0.15) is 12.2 Å². The molecule has 0 saturated carbocycles. The predicted molar refractivity (Wildman–Crippen MR) is 95.1 cm³/mol. The van der Waals surface area contributed by atoms with Crippen LogP contribution in [0.1, 0.15) is 28.8 Å². The first-order valence-electron chi connectivity index (χ1n) is 8.08. The van der Waals surface area contributed by atoms with Crippen molar-refractivity contribution in [3.8, 4) is 0 Å². The van der Waals surface area contributed by atoms with Crippen molar-refractivity contribution in [2.75, 3.05) is 0 Å². The zero-order valence-electron chi connectivity index (χ0n) is 13.5. The van der Waals surface area contributed by atoms with Gasteiger partial charge in [0.25, 0.3) is 0 Å². The molecule has 0 spiro atoms. The SMILES string of the molecule is Cc1cc2ccccc2c2ccc3c(c12)[C@H](N=[N+]=[N-])[C@@H](O)[C@@H](O)[C@@H]3O. The van der Waals surface area contributed by atoms with Crippen molar-refractivity contribution in [3.05, 3.63) is 69.6 Å². The third-order valence-corrected chi connectivity index (χ3v) is 5.08. The molecule has 0 heterocycles. The highest BCUT2D eigenvalue weighted by Gasteiger charge is 2.41. The lowest BCUT2D eigenvalue weighted by Gasteiger charge is -2.36. The number of hydrogen-bond donors (Lipinski definition) is 3. The second-order valence-corrected chi connectivity index (χ2v) is 6.48. The highest BCUT2D eigenvalue weighted by atomic mass is 16.4. The summed E-state index contributed by atoms with van der Waals surface area (Å²) >= 11 is 0. The average Bonchev–Trinajstić information content (AvgIpc) is 2.62. The Kier molecular flexibility index (Phi) is 3.63. The van der Waals surface area contributed by atoms with Gasteiger partial charge in [0.05, 0.1) is 12.1 Å². The molecular formula is C19H17N3O3. The quantitative estimate of drug-likeness (QED) is 0.274. The van der Waals surface area contributed by atoms with Gasteiger partial charge in [0.15, 0.2) is 0 Å². The lowest BCUT2D eigenvalue weighted by molar-refractivity contribution is -0.0793. The van der Waals surface area contributed by atoms with E-state index in [1.165, 1.54) is 0 Å². The molecule has 0 aromatic heterocycles. The number of benzene rings is 3. The Bertz CT molecular complexity index is 1040. The molecule has 0 bridgehead atoms. The average molecular weight is 335 g/mol. The number of nitrogens with zero attached hydrogens (tertiary/aromatic N) is 3. The van der Waals surface area contributed by atoms with Crippen LogP contribution in [-0.2, 0) is 0 Å². The molecule has 4 atom stereocenters. The molecule has 3 N–H and O–H groups in total. The van der Waals surface area contributed by atoms with Crippen LogP contribution in [0.2, 0.25) is 0 Å². The molecule has 0 saturated heterocycles. The van der Waals surface area contributed by atoms with Gasteiger partial charge < -0.3 is 15.3 Å². The third-order valence-electron chi connectivity index (χ3n) is 5.08. The fourth-order valence-corrected chi connectivity index (χ4v) is 3.95. The van der Waals surface area contributed by atoms with Crippen LogP contribution in [0.5, 0.6) is 0 Å². The van der Waals surface area contributed by atoms with Crippen molar-refractivity contribution < 1.29 is 15.3 Å². The summed E-state index contributed by atoms with van der Waals surface area (Å²) in [6, 6.07) is 12.7. The molecule has 3 aromatic rings. The minimum Gasteiger partial charge on any atom is -0.390 e. The molecule has 1 aliphatic rings. The lowest BCUT2D eigenvalue weighted by atomic mass is 9.78. The van der Waals surface area contributed by atoms with Crippen LogP contribution >= 0.6 is 0 Å². The Balaban J connectivity index is 2.18. The fraction of sp³-hybridized carbons (Fsp3) is 0.263. The Labute approximate surface area is 143 Å². The largest absolute Gasteiger partial charge is 0.390 e. The Hall–Kier alpha value is -2.63. The Morgan fingerprint density at radius 1 is 1.00 bits per heavy atom. The fourth-order valence-electron chi connectivity index (χ4n) is 3.95. The van der Waals surface area contributed by atoms with Crippen molar-refractivity contribution in [1.82, 2.24) is 0 Å². The first kappa shape index (κ1) is 15.9. The van der Waals surface area contributed by atoms with Crippen LogP contribution in [0.25, 0.3) is 32.0 Å². The van der Waals surface area contributed by atoms with E-state index in [0.717, 1.165) is 27.1 Å². The van der Waals surface area contributed by atoms with E-state index in [9.17, 15) is 15.3 Å². The number of hydrogen-bond acceptors (Lipinski definition) is 4. The van der Waals surface area contributed by atoms with Crippen molar-refractivity contribution in [1.29, 1.82) is 0 Å². The molecule has 0 radical (unpaired) electrons. The second kappa shape index (κ2) is 5.72. The summed E-state index contributed by atoms with van der Waals surface area (Å²) in [5.74, 6) is 0. The first-order chi connectivity index (χ1) is 12.0. The van der Waals surface area contributed by atoms with E-state index >= 15 is 0 Å². The van der Waals surface area contributed by atoms with Crippen LogP contribution in [0, 0.1) is 6.92 Å². The predicted octanol–water partition coefficient (Wildman–Crippen LogP) is 3.42. The van der Waals surface area contributed by atoms with Crippen LogP contribution in [0.4, 0.5) is 0 Å². The molecular weight excluding hydrogens is 318 g/mol. The molecule has 0 unspecified atom stereocenters. The van der Waals surface area contributed by atoms with E-state index in [0.29, 0.717) is 11.1 Å². The van der Waals surface area contributed by atoms with Gasteiger partial charge in [-0.3, -0.25) is 0 Å². The number of aliphatic hydroxyl groups excluding tert-OH is 3. The van der Waals surface area contributed by atoms with Crippen LogP contribution in [0.3, 0.4) is 0 Å². The summed E-state index contributed by atoms with van der Waals surface area (Å²) in [7, 11) is 0. The van der Waals surface area contributed by atoms with E-state index in [2.05, 4.69) is 10.0 Å². The zero-order valence-corrected chi connectivity index (χ0v) is 13.5. The zero-order chi connectivity index (χ0) is 17.7. The van der Waals surface area contributed by atoms with Gasteiger partial charge in [-0.2, -0.15) is 0 Å². The molecule has 6 nitrogen and oxygen atoms in total. The first-order valence-corrected chi connectivity index (χ1v) is 8.08. The topological polar surface area (TPSA) is 109 Å². The molecule has 3 aromatic carbocycles. The summed E-state index contributed by atoms with van der Waals surface area (Å²) in [6.07, 6.45) is -4.00. The van der Waals surface area contributed by atoms with E-state index < -0.39 is 24.4 Å². The molecule has 0 aliphatic heterocycles. The minimum absolute atomic E-state index is 0.487. The Morgan fingerprint density at radius 2 is 1.76 bits per heavy atom. The number of fused-ring (bicyclic) bond motifs is 5. The van der Waals surface area contributed by atoms with Crippen molar-refractivity contribution in [2.24, 2.45) is 5.11 Å². The summed E-state index contributed by atoms with van der Waals surface area (Å²) in [4.78, 5) is 2.84. The van der Waals surface area contributed by atoms with E-state index in [4.69, 9.17) is 5.53 Å². The smallest absolute Gasteiger partial charge is 0.111 e. The maximum atomic E-state index is 10.4. The maximum absolute atomic E-state index is 10.4. The van der Waals surface area contributed by atoms with Crippen LogP contribution in [-0.4, -0.2) is 27.5 Å². The number of aliphatic hydroxyl groups is 3. The van der Waals surface area contributed by atoms with Gasteiger partial charge in [-0.25, -0.2) is 0 Å². The molecule has 1 aliphatic carbocycles. The summed E-state index contributed by atoms with van der Waals surface area (Å²) in [6.45, 7) is 1.95. The molecule has 0 fully saturated rings. The van der Waals surface area contributed by atoms with Gasteiger partial charge in [-0.1, -0.05) is 47.6 Å². The van der Waals surface area contributed by atoms with Crippen LogP contribution < -0.4 is 0 Å². The third kappa shape index (κ3) is 2.20. The van der Waals surface area contributed by atoms with Crippen molar-refractivity contribution >= 4 is 21.5 Å². The summed E-state index contributed by atoms with van der Waals surface area (Å²) in [5.41, 5.74) is 11.0. The monoisotopic (exact) mass is 335 g/mol. The molecule has 0 amide bonds. The van der Waals surface area contributed by atoms with Gasteiger partial charge >= 0.3 is 0 Å². The van der Waals surface area contributed by atoms with Crippen molar-refractivity contribution in [3.63, 3.8) is 0 Å². The van der Waals surface area contributed by atoms with E-state index in [-0.39, 0.29) is 0 Å². The highest BCUT2D eigenvalue weighted by molar-refractivity contribution is 6.10. The maximum Gasteiger partial charge on any atom is 0.111 e. The number of aryl methyl sites for hydroxylation is 1. The normalized spacial score (nSPS) is 25.6. The lowest BCUT2D eigenvalue weighted by Crippen LogP contribution is -2.41. The van der Waals surface area contributed by atoms with E-state index in [1.807, 2.05) is 43.3 Å². The van der Waals surface area contributed by atoms with Gasteiger partial charge in [-0.15, -0.1) is 0 Å². The molecule has 4 rings (SSSR count). The standard InChI is InChI=1S/C19H17N3O3/c1-9-8-10-4-2-3-5-11(10)12-6-7-13-15(14(9)12)16(21-22-20)18(24)19(25)17(13)23/h2-8,16-19,23-25H,1H3/t16-,17+,18+,19-/m0/s1.